The minimum atomic E-state index is -1.12. The fourth-order valence-corrected chi connectivity index (χ4v) is 4.21. The zero-order chi connectivity index (χ0) is 25.9. The van der Waals surface area contributed by atoms with E-state index in [-0.39, 0.29) is 11.4 Å². The van der Waals surface area contributed by atoms with Crippen LogP contribution in [0, 0.1) is 0 Å². The topological polar surface area (TPSA) is 160 Å². The van der Waals surface area contributed by atoms with Crippen LogP contribution in [0.3, 0.4) is 0 Å². The van der Waals surface area contributed by atoms with Gasteiger partial charge in [0.15, 0.2) is 6.23 Å². The minimum Gasteiger partial charge on any atom is -0.387 e. The summed E-state index contributed by atoms with van der Waals surface area (Å²) >= 11 is 0. The molecule has 1 aliphatic rings. The normalized spacial score (nSPS) is 22.1. The number of nitrogen functional groups attached to an aromatic ring is 1. The Hall–Kier alpha value is -3.25. The third-order valence-corrected chi connectivity index (χ3v) is 6.32. The predicted molar refractivity (Wildman–Crippen MR) is 138 cm³/mol. The molecular weight excluding hydrogens is 462 g/mol. The van der Waals surface area contributed by atoms with Gasteiger partial charge in [-0.25, -0.2) is 14.8 Å². The molecule has 7 N–H and O–H groups in total. The number of hydrogen-bond acceptors (Lipinski definition) is 8. The number of urea groups is 1. The number of benzene rings is 1. The van der Waals surface area contributed by atoms with Crippen molar-refractivity contribution in [2.24, 2.45) is 0 Å². The molecule has 0 unspecified atom stereocenters. The Labute approximate surface area is 210 Å². The van der Waals surface area contributed by atoms with Crippen LogP contribution in [0.25, 0.3) is 11.0 Å². The number of aliphatic hydroxyl groups is 2. The Bertz CT molecular complexity index is 1180. The van der Waals surface area contributed by atoms with Crippen molar-refractivity contribution in [3.8, 4) is 0 Å². The van der Waals surface area contributed by atoms with Crippen LogP contribution >= 0.6 is 0 Å². The molecule has 3 heterocycles. The Morgan fingerprint density at radius 3 is 2.58 bits per heavy atom. The minimum absolute atomic E-state index is 0.0620. The molecule has 3 aromatic rings. The first kappa shape index (κ1) is 25.8. The SMILES string of the molecule is CC(C)(C)c1ccc(NC(=O)NCCCNC[C@@H]2O[C@H](n3ccc4c(N)ncnc43)[C@@H](O)[C@H]2O)cc1. The van der Waals surface area contributed by atoms with E-state index in [0.717, 1.165) is 5.69 Å². The summed E-state index contributed by atoms with van der Waals surface area (Å²) < 4.78 is 7.59. The number of nitrogens with one attached hydrogen (secondary N) is 3. The fourth-order valence-electron chi connectivity index (χ4n) is 4.21. The van der Waals surface area contributed by atoms with Crippen LogP contribution in [0.15, 0.2) is 42.9 Å². The van der Waals surface area contributed by atoms with E-state index < -0.39 is 24.5 Å². The summed E-state index contributed by atoms with van der Waals surface area (Å²) in [5.41, 5.74) is 8.42. The largest absolute Gasteiger partial charge is 0.387 e. The second-order valence-corrected chi connectivity index (χ2v) is 10.0. The third-order valence-electron chi connectivity index (χ3n) is 6.32. The number of carbonyl (C=O) groups is 1. The van der Waals surface area contributed by atoms with E-state index in [1.54, 1.807) is 16.8 Å². The summed E-state index contributed by atoms with van der Waals surface area (Å²) in [6, 6.07) is 9.32. The van der Waals surface area contributed by atoms with Crippen molar-refractivity contribution < 1.29 is 19.7 Å². The van der Waals surface area contributed by atoms with Crippen molar-refractivity contribution >= 4 is 28.6 Å². The van der Waals surface area contributed by atoms with Gasteiger partial charge >= 0.3 is 6.03 Å². The highest BCUT2D eigenvalue weighted by Gasteiger charge is 2.43. The molecule has 11 heteroatoms. The Balaban J connectivity index is 1.17. The van der Waals surface area contributed by atoms with Gasteiger partial charge in [0.1, 0.15) is 36.1 Å². The number of ether oxygens (including phenoxy) is 1. The highest BCUT2D eigenvalue weighted by molar-refractivity contribution is 5.89. The van der Waals surface area contributed by atoms with Crippen molar-refractivity contribution in [2.75, 3.05) is 30.7 Å². The van der Waals surface area contributed by atoms with Crippen LogP contribution in [-0.2, 0) is 10.2 Å². The number of hydrogen-bond donors (Lipinski definition) is 6. The molecule has 1 aliphatic heterocycles. The molecule has 2 amide bonds. The van der Waals surface area contributed by atoms with Gasteiger partial charge in [-0.1, -0.05) is 32.9 Å². The molecule has 1 fully saturated rings. The van der Waals surface area contributed by atoms with E-state index in [4.69, 9.17) is 10.5 Å². The number of amides is 2. The lowest BCUT2D eigenvalue weighted by atomic mass is 9.87. The van der Waals surface area contributed by atoms with E-state index in [1.165, 1.54) is 11.9 Å². The molecule has 194 valence electrons. The number of carbonyl (C=O) groups excluding carboxylic acids is 1. The van der Waals surface area contributed by atoms with Gasteiger partial charge in [0.25, 0.3) is 0 Å². The van der Waals surface area contributed by atoms with Gasteiger partial charge in [-0.2, -0.15) is 0 Å². The van der Waals surface area contributed by atoms with Gasteiger partial charge < -0.3 is 41.2 Å². The first-order chi connectivity index (χ1) is 17.1. The second-order valence-electron chi connectivity index (χ2n) is 10.0. The Kier molecular flexibility index (Phi) is 7.74. The highest BCUT2D eigenvalue weighted by atomic mass is 16.6. The smallest absolute Gasteiger partial charge is 0.319 e. The average molecular weight is 498 g/mol. The molecule has 0 radical (unpaired) electrons. The molecule has 0 saturated carbocycles. The van der Waals surface area contributed by atoms with Gasteiger partial charge in [0.2, 0.25) is 0 Å². The van der Waals surface area contributed by atoms with Crippen LogP contribution in [0.2, 0.25) is 0 Å². The highest BCUT2D eigenvalue weighted by Crippen LogP contribution is 2.32. The Morgan fingerprint density at radius 1 is 1.11 bits per heavy atom. The first-order valence-electron chi connectivity index (χ1n) is 12.1. The van der Waals surface area contributed by atoms with Crippen molar-refractivity contribution in [3.63, 3.8) is 0 Å². The molecular formula is C25H35N7O4. The maximum atomic E-state index is 12.1. The van der Waals surface area contributed by atoms with Crippen LogP contribution in [-0.4, -0.2) is 68.7 Å². The average Bonchev–Trinajstić information content (AvgIpc) is 3.38. The monoisotopic (exact) mass is 497 g/mol. The number of nitrogens with zero attached hydrogens (tertiary/aromatic N) is 3. The standard InChI is InChI=1S/C25H35N7O4/c1-25(2,3)15-5-7-16(8-6-15)31-24(35)28-11-4-10-27-13-18-19(33)20(34)23(36-18)32-12-9-17-21(26)29-14-30-22(17)32/h5-9,12,14,18-20,23,27,33-34H,4,10-11,13H2,1-3H3,(H2,26,29,30)(H2,28,31,35)/t18-,19-,20-,23-/m0/s1. The van der Waals surface area contributed by atoms with E-state index in [0.29, 0.717) is 42.9 Å². The number of fused-ring (bicyclic) bond motifs is 1. The number of anilines is 2. The maximum absolute atomic E-state index is 12.1. The quantitative estimate of drug-likeness (QED) is 0.257. The molecule has 36 heavy (non-hydrogen) atoms. The zero-order valence-electron chi connectivity index (χ0n) is 20.8. The molecule has 0 spiro atoms. The summed E-state index contributed by atoms with van der Waals surface area (Å²) in [7, 11) is 0. The lowest BCUT2D eigenvalue weighted by Crippen LogP contribution is -2.38. The fraction of sp³-hybridized carbons (Fsp3) is 0.480. The van der Waals surface area contributed by atoms with Crippen molar-refractivity contribution in [2.45, 2.75) is 57.1 Å². The molecule has 11 nitrogen and oxygen atoms in total. The lowest BCUT2D eigenvalue weighted by molar-refractivity contribution is -0.0338. The Morgan fingerprint density at radius 2 is 1.86 bits per heavy atom. The second kappa shape index (κ2) is 10.8. The summed E-state index contributed by atoms with van der Waals surface area (Å²) in [5, 5.41) is 30.6. The lowest BCUT2D eigenvalue weighted by Gasteiger charge is -2.19. The van der Waals surface area contributed by atoms with Crippen molar-refractivity contribution in [1.82, 2.24) is 25.2 Å². The first-order valence-corrected chi connectivity index (χ1v) is 12.1. The molecule has 1 aromatic carbocycles. The molecule has 1 saturated heterocycles. The molecule has 0 aliphatic carbocycles. The summed E-state index contributed by atoms with van der Waals surface area (Å²) in [4.78, 5) is 20.3. The van der Waals surface area contributed by atoms with Crippen molar-refractivity contribution in [1.29, 1.82) is 0 Å². The van der Waals surface area contributed by atoms with Crippen LogP contribution in [0.5, 0.6) is 0 Å². The number of aromatic nitrogens is 3. The van der Waals surface area contributed by atoms with Gasteiger partial charge in [-0.15, -0.1) is 0 Å². The zero-order valence-corrected chi connectivity index (χ0v) is 20.8. The van der Waals surface area contributed by atoms with E-state index >= 15 is 0 Å². The van der Waals surface area contributed by atoms with E-state index in [2.05, 4.69) is 46.7 Å². The molecule has 0 bridgehead atoms. The number of nitrogens with two attached hydrogens (primary N) is 1. The van der Waals surface area contributed by atoms with Crippen LogP contribution < -0.4 is 21.7 Å². The van der Waals surface area contributed by atoms with Gasteiger partial charge in [0, 0.05) is 25.0 Å². The summed E-state index contributed by atoms with van der Waals surface area (Å²) in [5.74, 6) is 0.339. The van der Waals surface area contributed by atoms with Crippen molar-refractivity contribution in [3.05, 3.63) is 48.4 Å². The van der Waals surface area contributed by atoms with Gasteiger partial charge in [0.05, 0.1) is 5.39 Å². The predicted octanol–water partition coefficient (Wildman–Crippen LogP) is 1.73. The summed E-state index contributed by atoms with van der Waals surface area (Å²) in [6.45, 7) is 7.86. The third kappa shape index (κ3) is 5.76. The summed E-state index contributed by atoms with van der Waals surface area (Å²) in [6.07, 6.45) is 0.169. The number of rotatable bonds is 8. The van der Waals surface area contributed by atoms with E-state index in [9.17, 15) is 15.0 Å². The molecule has 4 atom stereocenters. The van der Waals surface area contributed by atoms with E-state index in [1.807, 2.05) is 24.3 Å². The molecule has 4 rings (SSSR count). The van der Waals surface area contributed by atoms with Gasteiger partial charge in [-0.05, 0) is 42.1 Å². The maximum Gasteiger partial charge on any atom is 0.319 e. The number of aliphatic hydroxyl groups excluding tert-OH is 2. The molecule has 2 aromatic heterocycles. The van der Waals surface area contributed by atoms with Crippen LogP contribution in [0.1, 0.15) is 39.0 Å². The van der Waals surface area contributed by atoms with Crippen LogP contribution in [0.4, 0.5) is 16.3 Å². The van der Waals surface area contributed by atoms with Gasteiger partial charge in [-0.3, -0.25) is 0 Å².